The van der Waals surface area contributed by atoms with Crippen molar-refractivity contribution in [3.63, 3.8) is 0 Å². The SMILES string of the molecule is Fc1cc(Nc2nccc(-c3nccs3)n2)cc(F)c1F. The maximum Gasteiger partial charge on any atom is 0.227 e. The Kier molecular flexibility index (Phi) is 3.53. The molecule has 4 nitrogen and oxygen atoms in total. The molecule has 106 valence electrons. The number of benzene rings is 1. The molecular weight excluding hydrogens is 301 g/mol. The fourth-order valence-electron chi connectivity index (χ4n) is 1.64. The highest BCUT2D eigenvalue weighted by Crippen LogP contribution is 2.23. The lowest BCUT2D eigenvalue weighted by molar-refractivity contribution is 0.448. The van der Waals surface area contributed by atoms with Gasteiger partial charge in [-0.25, -0.2) is 28.1 Å². The van der Waals surface area contributed by atoms with Gasteiger partial charge in [-0.15, -0.1) is 11.3 Å². The summed E-state index contributed by atoms with van der Waals surface area (Å²) >= 11 is 1.40. The third kappa shape index (κ3) is 2.84. The molecule has 0 bridgehead atoms. The van der Waals surface area contributed by atoms with Crippen LogP contribution in [0.5, 0.6) is 0 Å². The number of thiazole rings is 1. The molecule has 0 fully saturated rings. The molecule has 21 heavy (non-hydrogen) atoms. The molecule has 0 atom stereocenters. The topological polar surface area (TPSA) is 50.7 Å². The largest absolute Gasteiger partial charge is 0.324 e. The van der Waals surface area contributed by atoms with Gasteiger partial charge in [-0.1, -0.05) is 0 Å². The van der Waals surface area contributed by atoms with Crippen molar-refractivity contribution in [1.82, 2.24) is 15.0 Å². The van der Waals surface area contributed by atoms with Crippen LogP contribution in [0.3, 0.4) is 0 Å². The Morgan fingerprint density at radius 3 is 2.43 bits per heavy atom. The van der Waals surface area contributed by atoms with E-state index in [1.54, 1.807) is 17.6 Å². The molecule has 2 aromatic heterocycles. The highest BCUT2D eigenvalue weighted by Gasteiger charge is 2.11. The van der Waals surface area contributed by atoms with E-state index in [2.05, 4.69) is 20.3 Å². The maximum absolute atomic E-state index is 13.1. The predicted octanol–water partition coefficient (Wildman–Crippen LogP) is 3.76. The van der Waals surface area contributed by atoms with Crippen LogP contribution < -0.4 is 5.32 Å². The van der Waals surface area contributed by atoms with Crippen molar-refractivity contribution in [2.75, 3.05) is 5.32 Å². The summed E-state index contributed by atoms with van der Waals surface area (Å²) < 4.78 is 39.2. The van der Waals surface area contributed by atoms with Crippen molar-refractivity contribution in [3.8, 4) is 10.7 Å². The van der Waals surface area contributed by atoms with Crippen molar-refractivity contribution in [2.24, 2.45) is 0 Å². The molecule has 0 aliphatic heterocycles. The molecule has 1 N–H and O–H groups in total. The van der Waals surface area contributed by atoms with Gasteiger partial charge in [0.05, 0.1) is 0 Å². The standard InChI is InChI=1S/C13H7F3N4S/c14-8-5-7(6-9(15)11(8)16)19-13-18-2-1-10(20-13)12-17-3-4-21-12/h1-6H,(H,18,19,20). The van der Waals surface area contributed by atoms with Gasteiger partial charge in [0.25, 0.3) is 0 Å². The number of nitrogens with zero attached hydrogens (tertiary/aromatic N) is 3. The summed E-state index contributed by atoms with van der Waals surface area (Å²) in [5, 5.41) is 5.12. The molecule has 3 aromatic rings. The molecule has 3 rings (SSSR count). The number of hydrogen-bond donors (Lipinski definition) is 1. The van der Waals surface area contributed by atoms with E-state index in [9.17, 15) is 13.2 Å². The lowest BCUT2D eigenvalue weighted by Crippen LogP contribution is -2.00. The predicted molar refractivity (Wildman–Crippen MR) is 72.7 cm³/mol. The second-order valence-corrected chi connectivity index (χ2v) is 4.88. The zero-order chi connectivity index (χ0) is 14.8. The van der Waals surface area contributed by atoms with Gasteiger partial charge in [0.2, 0.25) is 5.95 Å². The van der Waals surface area contributed by atoms with Crippen molar-refractivity contribution in [1.29, 1.82) is 0 Å². The summed E-state index contributed by atoms with van der Waals surface area (Å²) in [7, 11) is 0. The van der Waals surface area contributed by atoms with E-state index in [-0.39, 0.29) is 11.6 Å². The summed E-state index contributed by atoms with van der Waals surface area (Å²) in [5.74, 6) is -3.95. The Balaban J connectivity index is 1.90. The van der Waals surface area contributed by atoms with E-state index >= 15 is 0 Å². The number of aromatic nitrogens is 3. The van der Waals surface area contributed by atoms with Gasteiger partial charge in [0.15, 0.2) is 17.5 Å². The van der Waals surface area contributed by atoms with Gasteiger partial charge < -0.3 is 5.32 Å². The number of anilines is 2. The van der Waals surface area contributed by atoms with Crippen LogP contribution in [-0.2, 0) is 0 Å². The van der Waals surface area contributed by atoms with Crippen LogP contribution >= 0.6 is 11.3 Å². The molecular formula is C13H7F3N4S. The first-order valence-corrected chi connectivity index (χ1v) is 6.66. The molecule has 0 aliphatic rings. The lowest BCUT2D eigenvalue weighted by Gasteiger charge is -2.06. The molecule has 0 aliphatic carbocycles. The van der Waals surface area contributed by atoms with Crippen LogP contribution in [-0.4, -0.2) is 15.0 Å². The van der Waals surface area contributed by atoms with Crippen molar-refractivity contribution in [3.05, 3.63) is 53.4 Å². The van der Waals surface area contributed by atoms with Gasteiger partial charge in [0, 0.05) is 35.6 Å². The van der Waals surface area contributed by atoms with Gasteiger partial charge in [0.1, 0.15) is 10.7 Å². The first-order valence-electron chi connectivity index (χ1n) is 5.78. The minimum atomic E-state index is -1.52. The van der Waals surface area contributed by atoms with E-state index < -0.39 is 17.5 Å². The minimum absolute atomic E-state index is 0.0164. The smallest absolute Gasteiger partial charge is 0.227 e. The Hall–Kier alpha value is -2.48. The van der Waals surface area contributed by atoms with Crippen LogP contribution in [0.25, 0.3) is 10.7 Å². The van der Waals surface area contributed by atoms with E-state index in [1.165, 1.54) is 17.5 Å². The molecule has 2 heterocycles. The quantitative estimate of drug-likeness (QED) is 0.749. The molecule has 0 unspecified atom stereocenters. The first-order chi connectivity index (χ1) is 10.1. The monoisotopic (exact) mass is 308 g/mol. The fourth-order valence-corrected chi connectivity index (χ4v) is 2.25. The number of nitrogens with one attached hydrogen (secondary N) is 1. The third-order valence-electron chi connectivity index (χ3n) is 2.55. The summed E-state index contributed by atoms with van der Waals surface area (Å²) in [5.41, 5.74) is 0.591. The minimum Gasteiger partial charge on any atom is -0.324 e. The van der Waals surface area contributed by atoms with Gasteiger partial charge in [-0.05, 0) is 6.07 Å². The summed E-state index contributed by atoms with van der Waals surface area (Å²) in [6.45, 7) is 0. The summed E-state index contributed by atoms with van der Waals surface area (Å²) in [4.78, 5) is 12.2. The summed E-state index contributed by atoms with van der Waals surface area (Å²) in [6, 6.07) is 3.32. The van der Waals surface area contributed by atoms with Crippen LogP contribution in [0, 0.1) is 17.5 Å². The second-order valence-electron chi connectivity index (χ2n) is 3.98. The maximum atomic E-state index is 13.1. The molecule has 0 saturated carbocycles. The van der Waals surface area contributed by atoms with Gasteiger partial charge in [-0.3, -0.25) is 0 Å². The Bertz CT molecular complexity index is 754. The second kappa shape index (κ2) is 5.49. The van der Waals surface area contributed by atoms with E-state index in [0.29, 0.717) is 10.7 Å². The normalized spacial score (nSPS) is 10.6. The van der Waals surface area contributed by atoms with Crippen LogP contribution in [0.1, 0.15) is 0 Å². The van der Waals surface area contributed by atoms with Crippen molar-refractivity contribution >= 4 is 23.0 Å². The van der Waals surface area contributed by atoms with E-state index in [1.807, 2.05) is 0 Å². The number of rotatable bonds is 3. The zero-order valence-corrected chi connectivity index (χ0v) is 11.2. The van der Waals surface area contributed by atoms with E-state index in [0.717, 1.165) is 12.1 Å². The highest BCUT2D eigenvalue weighted by atomic mass is 32.1. The Morgan fingerprint density at radius 2 is 1.76 bits per heavy atom. The number of hydrogen-bond acceptors (Lipinski definition) is 5. The van der Waals surface area contributed by atoms with Crippen molar-refractivity contribution in [2.45, 2.75) is 0 Å². The van der Waals surface area contributed by atoms with Crippen LogP contribution in [0.15, 0.2) is 36.0 Å². The molecule has 8 heteroatoms. The zero-order valence-electron chi connectivity index (χ0n) is 10.3. The molecule has 0 amide bonds. The Morgan fingerprint density at radius 1 is 1.00 bits per heavy atom. The average molecular weight is 308 g/mol. The van der Waals surface area contributed by atoms with Crippen LogP contribution in [0.4, 0.5) is 24.8 Å². The van der Waals surface area contributed by atoms with Crippen molar-refractivity contribution < 1.29 is 13.2 Å². The third-order valence-corrected chi connectivity index (χ3v) is 3.34. The molecule has 0 saturated heterocycles. The van der Waals surface area contributed by atoms with E-state index in [4.69, 9.17) is 0 Å². The van der Waals surface area contributed by atoms with Gasteiger partial charge in [-0.2, -0.15) is 0 Å². The first kappa shape index (κ1) is 13.5. The molecule has 1 aromatic carbocycles. The molecule has 0 radical (unpaired) electrons. The number of halogens is 3. The Labute approximate surface area is 121 Å². The highest BCUT2D eigenvalue weighted by molar-refractivity contribution is 7.13. The molecule has 0 spiro atoms. The lowest BCUT2D eigenvalue weighted by atomic mass is 10.3. The van der Waals surface area contributed by atoms with Gasteiger partial charge >= 0.3 is 0 Å². The summed E-state index contributed by atoms with van der Waals surface area (Å²) in [6.07, 6.45) is 3.13. The average Bonchev–Trinajstić information content (AvgIpc) is 2.99. The fraction of sp³-hybridized carbons (Fsp3) is 0. The van der Waals surface area contributed by atoms with Crippen LogP contribution in [0.2, 0.25) is 0 Å².